The lowest BCUT2D eigenvalue weighted by molar-refractivity contribution is 0.0595. The van der Waals surface area contributed by atoms with Crippen LogP contribution in [-0.4, -0.2) is 59.8 Å². The summed E-state index contributed by atoms with van der Waals surface area (Å²) in [4.78, 5) is 35.1. The number of benzene rings is 2. The van der Waals surface area contributed by atoms with Gasteiger partial charge in [0.05, 0.1) is 36.9 Å². The summed E-state index contributed by atoms with van der Waals surface area (Å²) in [6.45, 7) is 3.09. The predicted molar refractivity (Wildman–Crippen MR) is 125 cm³/mol. The van der Waals surface area contributed by atoms with Crippen molar-refractivity contribution in [2.45, 2.75) is 19.4 Å². The standard InChI is InChI=1S/C25H24N4O6/c1-15-11-27-23(12-26-15)28-24(30)16-7-19(9-20(8-16)35-18-5-6-32-13-18)34-17-3-4-21-22(10-17)33-14-29(2)25(21)31/h3-4,7-12,18H,5-6,13-14H2,1-2H3,(H,27,28,30). The molecular weight excluding hydrogens is 452 g/mol. The normalized spacial score (nSPS) is 16.9. The Kier molecular flexibility index (Phi) is 6.19. The van der Waals surface area contributed by atoms with Crippen LogP contribution >= 0.6 is 0 Å². The van der Waals surface area contributed by atoms with E-state index in [0.717, 1.165) is 12.1 Å². The Hall–Kier alpha value is -4.18. The predicted octanol–water partition coefficient (Wildman–Crippen LogP) is 3.42. The molecule has 2 amide bonds. The van der Waals surface area contributed by atoms with Crippen LogP contribution in [0.15, 0.2) is 48.8 Å². The number of rotatable bonds is 6. The minimum Gasteiger partial charge on any atom is -0.488 e. The maximum absolute atomic E-state index is 13.0. The van der Waals surface area contributed by atoms with Gasteiger partial charge in [-0.3, -0.25) is 14.6 Å². The summed E-state index contributed by atoms with van der Waals surface area (Å²) in [5, 5.41) is 2.74. The fourth-order valence-corrected chi connectivity index (χ4v) is 3.70. The van der Waals surface area contributed by atoms with Gasteiger partial charge in [0.25, 0.3) is 11.8 Å². The van der Waals surface area contributed by atoms with E-state index < -0.39 is 0 Å². The molecule has 1 fully saturated rings. The topological polar surface area (TPSA) is 112 Å². The van der Waals surface area contributed by atoms with Crippen LogP contribution < -0.4 is 19.5 Å². The van der Waals surface area contributed by atoms with Crippen LogP contribution in [0.1, 0.15) is 32.8 Å². The van der Waals surface area contributed by atoms with Gasteiger partial charge >= 0.3 is 0 Å². The molecule has 3 aromatic rings. The van der Waals surface area contributed by atoms with E-state index in [2.05, 4.69) is 15.3 Å². The zero-order chi connectivity index (χ0) is 24.4. The SMILES string of the molecule is Cc1cnc(NC(=O)c2cc(Oc3ccc4c(c3)OCN(C)C4=O)cc(OC3CCOC3)c2)cn1. The van der Waals surface area contributed by atoms with Crippen molar-refractivity contribution >= 4 is 17.6 Å². The Morgan fingerprint density at radius 1 is 1.11 bits per heavy atom. The number of hydrogen-bond donors (Lipinski definition) is 1. The van der Waals surface area contributed by atoms with Crippen LogP contribution in [0.3, 0.4) is 0 Å². The van der Waals surface area contributed by atoms with Crippen LogP contribution in [0.2, 0.25) is 0 Å². The third-order valence-electron chi connectivity index (χ3n) is 5.54. The molecular formula is C25H24N4O6. The minimum atomic E-state index is -0.386. The molecule has 5 rings (SSSR count). The highest BCUT2D eigenvalue weighted by atomic mass is 16.5. The number of anilines is 1. The van der Waals surface area contributed by atoms with Crippen LogP contribution in [-0.2, 0) is 4.74 Å². The Bertz CT molecular complexity index is 1260. The van der Waals surface area contributed by atoms with E-state index in [1.165, 1.54) is 11.1 Å². The van der Waals surface area contributed by atoms with Crippen molar-refractivity contribution in [1.29, 1.82) is 0 Å². The number of carbonyl (C=O) groups is 2. The molecule has 0 aliphatic carbocycles. The molecule has 1 saturated heterocycles. The molecule has 10 nitrogen and oxygen atoms in total. The molecule has 3 heterocycles. The molecule has 0 spiro atoms. The molecule has 35 heavy (non-hydrogen) atoms. The van der Waals surface area contributed by atoms with E-state index >= 15 is 0 Å². The second-order valence-electron chi connectivity index (χ2n) is 8.33. The molecule has 2 aromatic carbocycles. The van der Waals surface area contributed by atoms with Gasteiger partial charge in [0, 0.05) is 31.2 Å². The van der Waals surface area contributed by atoms with Crippen LogP contribution in [0, 0.1) is 6.92 Å². The third kappa shape index (κ3) is 5.17. The Labute approximate surface area is 201 Å². The van der Waals surface area contributed by atoms with E-state index in [1.807, 2.05) is 6.92 Å². The Morgan fingerprint density at radius 3 is 2.74 bits per heavy atom. The number of nitrogens with one attached hydrogen (secondary N) is 1. The monoisotopic (exact) mass is 476 g/mol. The molecule has 1 N–H and O–H groups in total. The number of ether oxygens (including phenoxy) is 4. The summed E-state index contributed by atoms with van der Waals surface area (Å²) < 4.78 is 23.1. The Balaban J connectivity index is 1.41. The van der Waals surface area contributed by atoms with Crippen LogP contribution in [0.5, 0.6) is 23.0 Å². The lowest BCUT2D eigenvalue weighted by Gasteiger charge is -2.25. The van der Waals surface area contributed by atoms with Gasteiger partial charge < -0.3 is 29.2 Å². The quantitative estimate of drug-likeness (QED) is 0.576. The lowest BCUT2D eigenvalue weighted by Crippen LogP contribution is -2.35. The second kappa shape index (κ2) is 9.59. The van der Waals surface area contributed by atoms with E-state index in [9.17, 15) is 9.59 Å². The number of fused-ring (bicyclic) bond motifs is 1. The number of aryl methyl sites for hydroxylation is 1. The molecule has 180 valence electrons. The number of aromatic nitrogens is 2. The maximum Gasteiger partial charge on any atom is 0.259 e. The summed E-state index contributed by atoms with van der Waals surface area (Å²) in [7, 11) is 1.67. The van der Waals surface area contributed by atoms with Gasteiger partial charge in [0.1, 0.15) is 29.1 Å². The van der Waals surface area contributed by atoms with E-state index in [0.29, 0.717) is 53.2 Å². The van der Waals surface area contributed by atoms with Gasteiger partial charge in [-0.1, -0.05) is 0 Å². The number of carbonyl (C=O) groups excluding carboxylic acids is 2. The number of amides is 2. The Morgan fingerprint density at radius 2 is 1.97 bits per heavy atom. The van der Waals surface area contributed by atoms with E-state index in [4.69, 9.17) is 18.9 Å². The molecule has 0 saturated carbocycles. The smallest absolute Gasteiger partial charge is 0.259 e. The summed E-state index contributed by atoms with van der Waals surface area (Å²) in [6.07, 6.45) is 3.72. The highest BCUT2D eigenvalue weighted by Crippen LogP contribution is 2.33. The fraction of sp³-hybridized carbons (Fsp3) is 0.280. The summed E-state index contributed by atoms with van der Waals surface area (Å²) in [5.74, 6) is 1.59. The van der Waals surface area contributed by atoms with Gasteiger partial charge in [-0.05, 0) is 31.2 Å². The summed E-state index contributed by atoms with van der Waals surface area (Å²) >= 11 is 0. The van der Waals surface area contributed by atoms with Crippen LogP contribution in [0.4, 0.5) is 5.82 Å². The van der Waals surface area contributed by atoms with Gasteiger partial charge in [-0.25, -0.2) is 4.98 Å². The molecule has 1 aromatic heterocycles. The molecule has 2 aliphatic rings. The van der Waals surface area contributed by atoms with Crippen molar-refractivity contribution in [3.05, 3.63) is 65.6 Å². The zero-order valence-corrected chi connectivity index (χ0v) is 19.3. The van der Waals surface area contributed by atoms with Gasteiger partial charge in [0.2, 0.25) is 0 Å². The fourth-order valence-electron chi connectivity index (χ4n) is 3.70. The average molecular weight is 476 g/mol. The first-order chi connectivity index (χ1) is 16.9. The van der Waals surface area contributed by atoms with Crippen molar-refractivity contribution in [3.8, 4) is 23.0 Å². The lowest BCUT2D eigenvalue weighted by atomic mass is 10.1. The van der Waals surface area contributed by atoms with Crippen molar-refractivity contribution in [3.63, 3.8) is 0 Å². The molecule has 1 atom stereocenters. The highest BCUT2D eigenvalue weighted by molar-refractivity contribution is 6.04. The van der Waals surface area contributed by atoms with Crippen molar-refractivity contribution in [1.82, 2.24) is 14.9 Å². The van der Waals surface area contributed by atoms with Gasteiger partial charge in [-0.15, -0.1) is 0 Å². The molecule has 1 unspecified atom stereocenters. The summed E-state index contributed by atoms with van der Waals surface area (Å²) in [6, 6.07) is 9.95. The molecule has 10 heteroatoms. The van der Waals surface area contributed by atoms with Crippen molar-refractivity contribution in [2.24, 2.45) is 0 Å². The average Bonchev–Trinajstić information content (AvgIpc) is 3.36. The first kappa shape index (κ1) is 22.6. The first-order valence-corrected chi connectivity index (χ1v) is 11.1. The van der Waals surface area contributed by atoms with Gasteiger partial charge in [-0.2, -0.15) is 0 Å². The summed E-state index contributed by atoms with van der Waals surface area (Å²) in [5.41, 5.74) is 1.53. The molecule has 2 aliphatic heterocycles. The highest BCUT2D eigenvalue weighted by Gasteiger charge is 2.24. The molecule has 0 radical (unpaired) electrons. The van der Waals surface area contributed by atoms with E-state index in [-0.39, 0.29) is 24.6 Å². The first-order valence-electron chi connectivity index (χ1n) is 11.1. The van der Waals surface area contributed by atoms with Gasteiger partial charge in [0.15, 0.2) is 12.5 Å². The zero-order valence-electron chi connectivity index (χ0n) is 19.3. The van der Waals surface area contributed by atoms with Crippen molar-refractivity contribution < 1.29 is 28.5 Å². The third-order valence-corrected chi connectivity index (χ3v) is 5.54. The number of hydrogen-bond acceptors (Lipinski definition) is 8. The number of nitrogens with zero attached hydrogens (tertiary/aromatic N) is 3. The largest absolute Gasteiger partial charge is 0.488 e. The minimum absolute atomic E-state index is 0.107. The maximum atomic E-state index is 13.0. The molecule has 0 bridgehead atoms. The van der Waals surface area contributed by atoms with Crippen LogP contribution in [0.25, 0.3) is 0 Å². The second-order valence-corrected chi connectivity index (χ2v) is 8.33. The van der Waals surface area contributed by atoms with Crippen molar-refractivity contribution in [2.75, 3.05) is 32.3 Å². The van der Waals surface area contributed by atoms with E-state index in [1.54, 1.807) is 49.6 Å².